The van der Waals surface area contributed by atoms with Crippen LogP contribution in [0, 0.1) is 0 Å². The molecule has 1 N–H and O–H groups in total. The number of hydrogen-bond acceptors (Lipinski definition) is 8. The van der Waals surface area contributed by atoms with Crippen molar-refractivity contribution in [3.8, 4) is 10.6 Å². The van der Waals surface area contributed by atoms with E-state index in [9.17, 15) is 13.2 Å². The van der Waals surface area contributed by atoms with E-state index in [2.05, 4.69) is 25.4 Å². The monoisotopic (exact) mass is 474 g/mol. The van der Waals surface area contributed by atoms with Gasteiger partial charge in [-0.3, -0.25) is 14.8 Å². The molecule has 1 fully saturated rings. The summed E-state index contributed by atoms with van der Waals surface area (Å²) in [7, 11) is -3.31. The summed E-state index contributed by atoms with van der Waals surface area (Å²) in [6.45, 7) is 0.0909. The van der Waals surface area contributed by atoms with Gasteiger partial charge in [-0.1, -0.05) is 11.6 Å². The van der Waals surface area contributed by atoms with Gasteiger partial charge < -0.3 is 5.32 Å². The minimum absolute atomic E-state index is 0.0909. The van der Waals surface area contributed by atoms with Crippen molar-refractivity contribution in [2.24, 2.45) is 0 Å². The van der Waals surface area contributed by atoms with E-state index in [0.29, 0.717) is 39.6 Å². The van der Waals surface area contributed by atoms with Crippen molar-refractivity contribution < 1.29 is 13.2 Å². The van der Waals surface area contributed by atoms with Crippen LogP contribution in [0.15, 0.2) is 48.0 Å². The van der Waals surface area contributed by atoms with Crippen LogP contribution in [0.4, 0.5) is 0 Å². The number of amides is 1. The molecule has 0 saturated heterocycles. The first-order valence-electron chi connectivity index (χ1n) is 9.34. The lowest BCUT2D eigenvalue weighted by Crippen LogP contribution is -2.23. The lowest BCUT2D eigenvalue weighted by atomic mass is 10.3. The Morgan fingerprint density at radius 2 is 2.06 bits per heavy atom. The molecular formula is C19H15ClN6O3S2. The first-order chi connectivity index (χ1) is 14.9. The fraction of sp³-hybridized carbons (Fsp3) is 0.211. The summed E-state index contributed by atoms with van der Waals surface area (Å²) in [6.07, 6.45) is 9.17. The van der Waals surface area contributed by atoms with Gasteiger partial charge in [0.05, 0.1) is 50.9 Å². The fourth-order valence-electron chi connectivity index (χ4n) is 3.09. The maximum absolute atomic E-state index is 12.6. The number of hydrogen-bond donors (Lipinski definition) is 1. The molecule has 4 heterocycles. The zero-order valence-corrected chi connectivity index (χ0v) is 18.3. The van der Waals surface area contributed by atoms with Gasteiger partial charge in [0.15, 0.2) is 14.8 Å². The Balaban J connectivity index is 1.32. The van der Waals surface area contributed by atoms with E-state index in [-0.39, 0.29) is 27.6 Å². The molecule has 1 amide bonds. The van der Waals surface area contributed by atoms with Crippen LogP contribution < -0.4 is 5.32 Å². The maximum Gasteiger partial charge on any atom is 0.280 e. The summed E-state index contributed by atoms with van der Waals surface area (Å²) in [4.78, 5) is 26.0. The van der Waals surface area contributed by atoms with Gasteiger partial charge >= 0.3 is 0 Å². The van der Waals surface area contributed by atoms with Crippen molar-refractivity contribution in [2.75, 3.05) is 0 Å². The molecular weight excluding hydrogens is 460 g/mol. The second-order valence-corrected chi connectivity index (χ2v) is 10.7. The summed E-state index contributed by atoms with van der Waals surface area (Å²) in [5.74, 6) is -0.382. The summed E-state index contributed by atoms with van der Waals surface area (Å²) in [6, 6.07) is 3.00. The number of aromatic nitrogens is 5. The second kappa shape index (κ2) is 7.66. The number of pyridine rings is 1. The van der Waals surface area contributed by atoms with E-state index in [4.69, 9.17) is 11.6 Å². The number of carbonyl (C=O) groups excluding carboxylic acids is 1. The zero-order chi connectivity index (χ0) is 21.6. The summed E-state index contributed by atoms with van der Waals surface area (Å²) < 4.78 is 26.4. The van der Waals surface area contributed by atoms with Crippen molar-refractivity contribution in [1.82, 2.24) is 29.9 Å². The van der Waals surface area contributed by atoms with E-state index in [0.717, 1.165) is 0 Å². The van der Waals surface area contributed by atoms with Crippen LogP contribution in [0.3, 0.4) is 0 Å². The highest BCUT2D eigenvalue weighted by atomic mass is 35.5. The highest BCUT2D eigenvalue weighted by molar-refractivity contribution is 7.92. The van der Waals surface area contributed by atoms with Crippen LogP contribution in [-0.2, 0) is 16.4 Å². The van der Waals surface area contributed by atoms with E-state index in [1.807, 2.05) is 0 Å². The number of nitrogens with one attached hydrogen (secondary N) is 1. The summed E-state index contributed by atoms with van der Waals surface area (Å²) >= 11 is 7.29. The minimum Gasteiger partial charge on any atom is -0.344 e. The van der Waals surface area contributed by atoms with Gasteiger partial charge in [0.25, 0.3) is 5.91 Å². The molecule has 1 aliphatic carbocycles. The largest absolute Gasteiger partial charge is 0.344 e. The smallest absolute Gasteiger partial charge is 0.280 e. The molecule has 0 unspecified atom stereocenters. The van der Waals surface area contributed by atoms with Gasteiger partial charge in [-0.05, 0) is 25.0 Å². The highest BCUT2D eigenvalue weighted by Crippen LogP contribution is 2.33. The SMILES string of the molecule is O=C(NCc1cc(S(=O)(=O)C2CC2)ccn1)c1ncc(-c2cncc3c(Cl)cnn23)s1. The van der Waals surface area contributed by atoms with Gasteiger partial charge in [-0.2, -0.15) is 5.10 Å². The first-order valence-corrected chi connectivity index (χ1v) is 12.1. The van der Waals surface area contributed by atoms with Crippen LogP contribution in [0.25, 0.3) is 16.1 Å². The standard InChI is InChI=1S/C19H15ClN6O3S2/c20-14-7-25-26-15(14)8-21-9-16(26)17-10-24-19(30-17)18(27)23-6-11-5-13(3-4-22-11)31(28,29)12-1-2-12/h3-5,7-10,12H,1-2,6H2,(H,23,27). The first kappa shape index (κ1) is 20.0. The highest BCUT2D eigenvalue weighted by Gasteiger charge is 2.37. The van der Waals surface area contributed by atoms with Gasteiger partial charge in [0.1, 0.15) is 11.2 Å². The van der Waals surface area contributed by atoms with Crippen molar-refractivity contribution in [1.29, 1.82) is 0 Å². The molecule has 0 aromatic carbocycles. The second-order valence-electron chi connectivity index (χ2n) is 7.02. The Morgan fingerprint density at radius 1 is 1.23 bits per heavy atom. The number of sulfone groups is 1. The molecule has 1 aliphatic rings. The van der Waals surface area contributed by atoms with E-state index in [1.54, 1.807) is 23.1 Å². The van der Waals surface area contributed by atoms with E-state index < -0.39 is 9.84 Å². The van der Waals surface area contributed by atoms with Gasteiger partial charge in [0, 0.05) is 12.4 Å². The molecule has 5 rings (SSSR count). The Kier molecular flexibility index (Phi) is 4.95. The fourth-order valence-corrected chi connectivity index (χ4v) is 5.78. The summed E-state index contributed by atoms with van der Waals surface area (Å²) in [5.41, 5.74) is 1.79. The number of nitrogens with zero attached hydrogens (tertiary/aromatic N) is 5. The molecule has 0 bridgehead atoms. The van der Waals surface area contributed by atoms with Crippen molar-refractivity contribution >= 4 is 44.2 Å². The number of halogens is 1. The molecule has 4 aromatic rings. The van der Waals surface area contributed by atoms with Crippen molar-refractivity contribution in [3.05, 3.63) is 58.8 Å². The third-order valence-corrected chi connectivity index (χ3v) is 8.41. The van der Waals surface area contributed by atoms with Crippen LogP contribution in [-0.4, -0.2) is 44.1 Å². The topological polar surface area (TPSA) is 119 Å². The Morgan fingerprint density at radius 3 is 2.87 bits per heavy atom. The van der Waals surface area contributed by atoms with Crippen LogP contribution >= 0.6 is 22.9 Å². The van der Waals surface area contributed by atoms with Gasteiger partial charge in [0.2, 0.25) is 0 Å². The lowest BCUT2D eigenvalue weighted by Gasteiger charge is -2.06. The molecule has 9 nitrogen and oxygen atoms in total. The maximum atomic E-state index is 12.6. The molecule has 0 aliphatic heterocycles. The average Bonchev–Trinajstić information content (AvgIpc) is 3.42. The Hall–Kier alpha value is -2.89. The number of rotatable bonds is 6. The van der Waals surface area contributed by atoms with Crippen LogP contribution in [0.5, 0.6) is 0 Å². The third kappa shape index (κ3) is 3.80. The van der Waals surface area contributed by atoms with Crippen molar-refractivity contribution in [2.45, 2.75) is 29.5 Å². The van der Waals surface area contributed by atoms with Gasteiger partial charge in [-0.15, -0.1) is 11.3 Å². The van der Waals surface area contributed by atoms with E-state index in [1.165, 1.54) is 35.9 Å². The molecule has 1 saturated carbocycles. The molecule has 0 atom stereocenters. The Labute approximate surface area is 186 Å². The van der Waals surface area contributed by atoms with Crippen molar-refractivity contribution in [3.63, 3.8) is 0 Å². The quantitative estimate of drug-likeness (QED) is 0.456. The molecule has 0 spiro atoms. The van der Waals surface area contributed by atoms with Crippen LogP contribution in [0.1, 0.15) is 28.3 Å². The minimum atomic E-state index is -3.31. The zero-order valence-electron chi connectivity index (χ0n) is 15.9. The normalized spacial score (nSPS) is 14.1. The number of carbonyl (C=O) groups is 1. The third-order valence-electron chi connectivity index (χ3n) is 4.84. The summed E-state index contributed by atoms with van der Waals surface area (Å²) in [5, 5.41) is 7.41. The van der Waals surface area contributed by atoms with E-state index >= 15 is 0 Å². The molecule has 158 valence electrons. The lowest BCUT2D eigenvalue weighted by molar-refractivity contribution is 0.0950. The molecule has 12 heteroatoms. The molecule has 4 aromatic heterocycles. The predicted octanol–water partition coefficient (Wildman–Crippen LogP) is 2.77. The average molecular weight is 475 g/mol. The Bertz CT molecular complexity index is 1410. The molecule has 31 heavy (non-hydrogen) atoms. The predicted molar refractivity (Wildman–Crippen MR) is 115 cm³/mol. The number of fused-ring (bicyclic) bond motifs is 1. The van der Waals surface area contributed by atoms with Crippen LogP contribution in [0.2, 0.25) is 5.02 Å². The molecule has 0 radical (unpaired) electrons. The van der Waals surface area contributed by atoms with Gasteiger partial charge in [-0.25, -0.2) is 17.9 Å². The number of thiazole rings is 1.